The molecule has 0 bridgehead atoms. The van der Waals surface area contributed by atoms with Crippen molar-refractivity contribution in [2.45, 2.75) is 13.5 Å². The summed E-state index contributed by atoms with van der Waals surface area (Å²) in [7, 11) is 0. The third-order valence-electron chi connectivity index (χ3n) is 1.85. The van der Waals surface area contributed by atoms with Crippen LogP contribution in [0.25, 0.3) is 0 Å². The quantitative estimate of drug-likeness (QED) is 0.467. The predicted octanol–water partition coefficient (Wildman–Crippen LogP) is 3.21. The van der Waals surface area contributed by atoms with Crippen LogP contribution in [0.15, 0.2) is 59.1 Å². The molecule has 1 aromatic carbocycles. The normalized spacial score (nSPS) is 12.3. The van der Waals surface area contributed by atoms with Gasteiger partial charge in [-0.3, -0.25) is 0 Å². The average molecular weight is 217 g/mol. The lowest BCUT2D eigenvalue weighted by molar-refractivity contribution is 0.197. The van der Waals surface area contributed by atoms with Gasteiger partial charge in [0.15, 0.2) is 0 Å². The summed E-state index contributed by atoms with van der Waals surface area (Å²) in [6, 6.07) is 9.77. The summed E-state index contributed by atoms with van der Waals surface area (Å²) in [6.45, 7) is 5.41. The molecule has 0 unspecified atom stereocenters. The van der Waals surface area contributed by atoms with Gasteiger partial charge in [-0.25, -0.2) is 4.99 Å². The third kappa shape index (κ3) is 4.46. The standard InChI is InChI=1S/C13H15NO2/c1-11(15)8-9-13(14-2)16-10-12-6-4-3-5-7-12/h3-9,15H,2,10H2,1H3/b11-8+,13-9+. The first-order valence-corrected chi connectivity index (χ1v) is 4.93. The summed E-state index contributed by atoms with van der Waals surface area (Å²) in [5, 5.41) is 8.98. The molecule has 0 amide bonds. The highest BCUT2D eigenvalue weighted by Gasteiger charge is 1.95. The Hall–Kier alpha value is -2.03. The molecule has 0 saturated carbocycles. The molecule has 0 aliphatic heterocycles. The summed E-state index contributed by atoms with van der Waals surface area (Å²) >= 11 is 0. The SMILES string of the molecule is C=N/C(=C\C=C(/C)O)OCc1ccccc1. The summed E-state index contributed by atoms with van der Waals surface area (Å²) in [5.41, 5.74) is 1.06. The molecule has 0 aromatic heterocycles. The lowest BCUT2D eigenvalue weighted by Crippen LogP contribution is -1.91. The minimum Gasteiger partial charge on any atom is -0.513 e. The second-order valence-electron chi connectivity index (χ2n) is 3.25. The number of allylic oxidation sites excluding steroid dienone is 3. The van der Waals surface area contributed by atoms with E-state index in [0.29, 0.717) is 12.5 Å². The van der Waals surface area contributed by atoms with E-state index in [9.17, 15) is 0 Å². The number of aliphatic imine (C=N–C) groups is 1. The first kappa shape index (κ1) is 12.0. The zero-order chi connectivity index (χ0) is 11.8. The number of rotatable bonds is 5. The monoisotopic (exact) mass is 217 g/mol. The minimum absolute atomic E-state index is 0.199. The highest BCUT2D eigenvalue weighted by atomic mass is 16.5. The Morgan fingerprint density at radius 2 is 2.06 bits per heavy atom. The summed E-state index contributed by atoms with van der Waals surface area (Å²) < 4.78 is 5.40. The summed E-state index contributed by atoms with van der Waals surface area (Å²) in [4.78, 5) is 3.71. The number of hydrogen-bond donors (Lipinski definition) is 1. The Balaban J connectivity index is 2.56. The van der Waals surface area contributed by atoms with Crippen molar-refractivity contribution in [3.8, 4) is 0 Å². The van der Waals surface area contributed by atoms with E-state index in [4.69, 9.17) is 9.84 Å². The molecule has 0 aliphatic carbocycles. The number of aliphatic hydroxyl groups is 1. The predicted molar refractivity (Wildman–Crippen MR) is 65.2 cm³/mol. The van der Waals surface area contributed by atoms with Crippen LogP contribution in [-0.2, 0) is 11.3 Å². The van der Waals surface area contributed by atoms with Crippen LogP contribution in [0.1, 0.15) is 12.5 Å². The molecule has 0 radical (unpaired) electrons. The van der Waals surface area contributed by atoms with Crippen LogP contribution in [0.2, 0.25) is 0 Å². The lowest BCUT2D eigenvalue weighted by atomic mass is 10.2. The molecule has 16 heavy (non-hydrogen) atoms. The van der Waals surface area contributed by atoms with E-state index >= 15 is 0 Å². The second kappa shape index (κ2) is 6.45. The molecule has 0 aliphatic rings. The summed E-state index contributed by atoms with van der Waals surface area (Å²) in [6.07, 6.45) is 3.08. The molecule has 0 heterocycles. The van der Waals surface area contributed by atoms with Gasteiger partial charge in [0.1, 0.15) is 6.61 Å². The Morgan fingerprint density at radius 3 is 2.62 bits per heavy atom. The number of aliphatic hydroxyl groups excluding tert-OH is 1. The van der Waals surface area contributed by atoms with Gasteiger partial charge < -0.3 is 9.84 Å². The van der Waals surface area contributed by atoms with E-state index < -0.39 is 0 Å². The maximum Gasteiger partial charge on any atom is 0.213 e. The second-order valence-corrected chi connectivity index (χ2v) is 3.25. The van der Waals surface area contributed by atoms with Crippen molar-refractivity contribution in [2.75, 3.05) is 0 Å². The molecule has 1 rings (SSSR count). The smallest absolute Gasteiger partial charge is 0.213 e. The zero-order valence-corrected chi connectivity index (χ0v) is 9.26. The van der Waals surface area contributed by atoms with Gasteiger partial charge in [0.2, 0.25) is 5.88 Å². The lowest BCUT2D eigenvalue weighted by Gasteiger charge is -2.04. The van der Waals surface area contributed by atoms with Crippen molar-refractivity contribution < 1.29 is 9.84 Å². The molecular weight excluding hydrogens is 202 g/mol. The van der Waals surface area contributed by atoms with Crippen molar-refractivity contribution in [1.82, 2.24) is 0 Å². The van der Waals surface area contributed by atoms with Crippen LogP contribution in [0, 0.1) is 0 Å². The van der Waals surface area contributed by atoms with Gasteiger partial charge in [0.25, 0.3) is 0 Å². The minimum atomic E-state index is 0.199. The van der Waals surface area contributed by atoms with Crippen molar-refractivity contribution in [3.05, 3.63) is 59.7 Å². The number of hydrogen-bond acceptors (Lipinski definition) is 3. The van der Waals surface area contributed by atoms with Crippen LogP contribution >= 0.6 is 0 Å². The fourth-order valence-corrected chi connectivity index (χ4v) is 1.07. The van der Waals surface area contributed by atoms with Crippen LogP contribution in [0.3, 0.4) is 0 Å². The number of ether oxygens (including phenoxy) is 1. The third-order valence-corrected chi connectivity index (χ3v) is 1.85. The molecule has 1 aromatic rings. The van der Waals surface area contributed by atoms with E-state index in [-0.39, 0.29) is 5.76 Å². The molecule has 0 saturated heterocycles. The number of nitrogens with zero attached hydrogens (tertiary/aromatic N) is 1. The van der Waals surface area contributed by atoms with Crippen LogP contribution in [0.4, 0.5) is 0 Å². The van der Waals surface area contributed by atoms with Gasteiger partial charge in [-0.1, -0.05) is 30.3 Å². The Kier molecular flexibility index (Phi) is 4.86. The first-order chi connectivity index (χ1) is 7.72. The molecule has 1 N–H and O–H groups in total. The Labute approximate surface area is 95.4 Å². The Morgan fingerprint density at radius 1 is 1.38 bits per heavy atom. The highest BCUT2D eigenvalue weighted by Crippen LogP contribution is 2.07. The largest absolute Gasteiger partial charge is 0.513 e. The number of benzene rings is 1. The van der Waals surface area contributed by atoms with Crippen molar-refractivity contribution in [1.29, 1.82) is 0 Å². The maximum atomic E-state index is 8.98. The van der Waals surface area contributed by atoms with Gasteiger partial charge in [-0.2, -0.15) is 0 Å². The summed E-state index contributed by atoms with van der Waals surface area (Å²) in [5.74, 6) is 0.585. The van der Waals surface area contributed by atoms with Gasteiger partial charge in [0, 0.05) is 6.08 Å². The van der Waals surface area contributed by atoms with Gasteiger partial charge in [0.05, 0.1) is 5.76 Å². The maximum absolute atomic E-state index is 8.98. The zero-order valence-electron chi connectivity index (χ0n) is 9.26. The van der Waals surface area contributed by atoms with Gasteiger partial charge >= 0.3 is 0 Å². The van der Waals surface area contributed by atoms with Crippen molar-refractivity contribution in [3.63, 3.8) is 0 Å². The van der Waals surface area contributed by atoms with E-state index in [0.717, 1.165) is 5.56 Å². The molecule has 0 fully saturated rings. The highest BCUT2D eigenvalue weighted by molar-refractivity contribution is 5.28. The van der Waals surface area contributed by atoms with Crippen molar-refractivity contribution in [2.24, 2.45) is 4.99 Å². The molecule has 3 heteroatoms. The first-order valence-electron chi connectivity index (χ1n) is 4.93. The molecule has 3 nitrogen and oxygen atoms in total. The van der Waals surface area contributed by atoms with Gasteiger partial charge in [-0.05, 0) is 25.3 Å². The fourth-order valence-electron chi connectivity index (χ4n) is 1.07. The van der Waals surface area contributed by atoms with Crippen molar-refractivity contribution >= 4 is 6.72 Å². The van der Waals surface area contributed by atoms with E-state index in [1.165, 1.54) is 6.08 Å². The molecular formula is C13H15NO2. The van der Waals surface area contributed by atoms with Gasteiger partial charge in [-0.15, -0.1) is 0 Å². The van der Waals surface area contributed by atoms with Crippen LogP contribution in [-0.4, -0.2) is 11.8 Å². The van der Waals surface area contributed by atoms with Crippen LogP contribution in [0.5, 0.6) is 0 Å². The molecule has 0 spiro atoms. The topological polar surface area (TPSA) is 41.8 Å². The average Bonchev–Trinajstić information content (AvgIpc) is 2.30. The molecule has 84 valence electrons. The van der Waals surface area contributed by atoms with E-state index in [2.05, 4.69) is 11.7 Å². The van der Waals surface area contributed by atoms with E-state index in [1.54, 1.807) is 13.0 Å². The Bertz CT molecular complexity index is 390. The fraction of sp³-hybridized carbons (Fsp3) is 0.154. The molecule has 0 atom stereocenters. The van der Waals surface area contributed by atoms with Crippen LogP contribution < -0.4 is 0 Å². The van der Waals surface area contributed by atoms with E-state index in [1.807, 2.05) is 30.3 Å².